The molecule has 1 saturated heterocycles. The largest absolute Gasteiger partial charge is 0.489 e. The number of hydrogen-bond acceptors (Lipinski definition) is 5. The van der Waals surface area contributed by atoms with Gasteiger partial charge in [0.15, 0.2) is 0 Å². The fourth-order valence-electron chi connectivity index (χ4n) is 5.16. The average Bonchev–Trinajstić information content (AvgIpc) is 3.54. The van der Waals surface area contributed by atoms with Gasteiger partial charge in [-0.25, -0.2) is 9.07 Å². The van der Waals surface area contributed by atoms with Crippen LogP contribution in [0.15, 0.2) is 90.0 Å². The summed E-state index contributed by atoms with van der Waals surface area (Å²) in [6.07, 6.45) is 9.38. The SMILES string of the molecule is O=C1C(=Cc2cn(-c3ccccc3)nc2-c2ccc(OCc3ccc(F)cc3)cc2)SC(=S)N1C1CCCCC1. The molecule has 40 heavy (non-hydrogen) atoms. The number of benzene rings is 3. The molecule has 2 fully saturated rings. The summed E-state index contributed by atoms with van der Waals surface area (Å²) in [5.74, 6) is 0.422. The van der Waals surface area contributed by atoms with E-state index in [0.717, 1.165) is 53.8 Å². The minimum atomic E-state index is -0.268. The highest BCUT2D eigenvalue weighted by atomic mass is 32.2. The molecule has 3 aromatic carbocycles. The minimum Gasteiger partial charge on any atom is -0.489 e. The smallest absolute Gasteiger partial charge is 0.266 e. The first kappa shape index (κ1) is 26.5. The molecule has 1 saturated carbocycles. The van der Waals surface area contributed by atoms with Crippen molar-refractivity contribution in [3.05, 3.63) is 107 Å². The topological polar surface area (TPSA) is 47.4 Å². The Balaban J connectivity index is 1.28. The first-order valence-electron chi connectivity index (χ1n) is 13.4. The van der Waals surface area contributed by atoms with Gasteiger partial charge in [0.2, 0.25) is 0 Å². The van der Waals surface area contributed by atoms with Crippen molar-refractivity contribution in [2.45, 2.75) is 44.8 Å². The molecular formula is C32H28FN3O2S2. The van der Waals surface area contributed by atoms with E-state index in [1.165, 1.54) is 30.3 Å². The molecule has 0 spiro atoms. The summed E-state index contributed by atoms with van der Waals surface area (Å²) >= 11 is 7.03. The number of aromatic nitrogens is 2. The van der Waals surface area contributed by atoms with Crippen molar-refractivity contribution in [3.8, 4) is 22.7 Å². The van der Waals surface area contributed by atoms with Crippen molar-refractivity contribution in [2.75, 3.05) is 0 Å². The predicted octanol–water partition coefficient (Wildman–Crippen LogP) is 7.79. The Bertz CT molecular complexity index is 1540. The van der Waals surface area contributed by atoms with Crippen molar-refractivity contribution < 1.29 is 13.9 Å². The Labute approximate surface area is 242 Å². The van der Waals surface area contributed by atoms with Crippen LogP contribution in [0.5, 0.6) is 5.75 Å². The van der Waals surface area contributed by atoms with Gasteiger partial charge in [0, 0.05) is 23.4 Å². The number of amides is 1. The predicted molar refractivity (Wildman–Crippen MR) is 162 cm³/mol. The van der Waals surface area contributed by atoms with E-state index in [1.54, 1.807) is 12.1 Å². The Hall–Kier alpha value is -3.75. The van der Waals surface area contributed by atoms with Crippen LogP contribution in [0, 0.1) is 5.82 Å². The van der Waals surface area contributed by atoms with Gasteiger partial charge >= 0.3 is 0 Å². The van der Waals surface area contributed by atoms with Crippen LogP contribution in [0.2, 0.25) is 0 Å². The second kappa shape index (κ2) is 11.8. The Morgan fingerprint density at radius 2 is 1.70 bits per heavy atom. The lowest BCUT2D eigenvalue weighted by molar-refractivity contribution is -0.124. The Morgan fingerprint density at radius 1 is 0.975 bits per heavy atom. The highest BCUT2D eigenvalue weighted by molar-refractivity contribution is 8.26. The van der Waals surface area contributed by atoms with E-state index in [9.17, 15) is 9.18 Å². The van der Waals surface area contributed by atoms with E-state index in [1.807, 2.05) is 76.5 Å². The van der Waals surface area contributed by atoms with Crippen LogP contribution < -0.4 is 4.74 Å². The quantitative estimate of drug-likeness (QED) is 0.168. The van der Waals surface area contributed by atoms with E-state index in [0.29, 0.717) is 21.6 Å². The molecule has 2 aliphatic rings. The first-order valence-corrected chi connectivity index (χ1v) is 14.7. The third kappa shape index (κ3) is 5.74. The number of thiocarbonyl (C=S) groups is 1. The maximum absolute atomic E-state index is 13.5. The third-order valence-electron chi connectivity index (χ3n) is 7.26. The molecule has 2 heterocycles. The van der Waals surface area contributed by atoms with Crippen LogP contribution in [0.1, 0.15) is 43.2 Å². The second-order valence-corrected chi connectivity index (χ2v) is 11.7. The lowest BCUT2D eigenvalue weighted by atomic mass is 9.94. The van der Waals surface area contributed by atoms with Crippen molar-refractivity contribution >= 4 is 40.3 Å². The molecule has 202 valence electrons. The van der Waals surface area contributed by atoms with Crippen molar-refractivity contribution in [1.82, 2.24) is 14.7 Å². The number of rotatable bonds is 7. The van der Waals surface area contributed by atoms with E-state index in [2.05, 4.69) is 0 Å². The lowest BCUT2D eigenvalue weighted by Crippen LogP contribution is -2.39. The molecule has 1 amide bonds. The molecule has 1 aliphatic carbocycles. The molecule has 1 aliphatic heterocycles. The Kier molecular flexibility index (Phi) is 7.80. The number of carbonyl (C=O) groups excluding carboxylic acids is 1. The summed E-state index contributed by atoms with van der Waals surface area (Å²) in [5.41, 5.74) is 4.32. The standard InChI is InChI=1S/C32H28FN3O2S2/c33-25-15-11-22(12-16-25)21-38-28-17-13-23(14-18-28)30-24(20-35(34-30)26-7-3-1-4-8-26)19-29-31(37)36(32(39)40-29)27-9-5-2-6-10-27/h1,3-4,7-8,11-20,27H,2,5-6,9-10,21H2. The zero-order chi connectivity index (χ0) is 27.5. The van der Waals surface area contributed by atoms with Gasteiger partial charge in [-0.05, 0) is 73.0 Å². The molecular weight excluding hydrogens is 542 g/mol. The highest BCUT2D eigenvalue weighted by Gasteiger charge is 2.37. The van der Waals surface area contributed by atoms with Crippen LogP contribution in [0.4, 0.5) is 4.39 Å². The van der Waals surface area contributed by atoms with Crippen LogP contribution >= 0.6 is 24.0 Å². The van der Waals surface area contributed by atoms with Gasteiger partial charge < -0.3 is 4.74 Å². The molecule has 6 rings (SSSR count). The van der Waals surface area contributed by atoms with Gasteiger partial charge in [-0.3, -0.25) is 9.69 Å². The van der Waals surface area contributed by atoms with Crippen molar-refractivity contribution in [3.63, 3.8) is 0 Å². The summed E-state index contributed by atoms with van der Waals surface area (Å²) in [7, 11) is 0. The fourth-order valence-corrected chi connectivity index (χ4v) is 6.55. The molecule has 0 radical (unpaired) electrons. The monoisotopic (exact) mass is 569 g/mol. The summed E-state index contributed by atoms with van der Waals surface area (Å²) in [4.78, 5) is 15.9. The van der Waals surface area contributed by atoms with Crippen LogP contribution in [0.25, 0.3) is 23.0 Å². The van der Waals surface area contributed by atoms with Crippen LogP contribution in [-0.2, 0) is 11.4 Å². The average molecular weight is 570 g/mol. The van der Waals surface area contributed by atoms with Crippen LogP contribution in [0.3, 0.4) is 0 Å². The van der Waals surface area contributed by atoms with Crippen LogP contribution in [-0.4, -0.2) is 30.9 Å². The number of halogens is 1. The van der Waals surface area contributed by atoms with Gasteiger partial charge in [-0.2, -0.15) is 5.10 Å². The van der Waals surface area contributed by atoms with Gasteiger partial charge in [0.05, 0.1) is 16.3 Å². The van der Waals surface area contributed by atoms with Gasteiger partial charge in [0.1, 0.15) is 22.5 Å². The molecule has 0 N–H and O–H groups in total. The molecule has 0 atom stereocenters. The highest BCUT2D eigenvalue weighted by Crippen LogP contribution is 2.38. The molecule has 0 unspecified atom stereocenters. The summed E-state index contributed by atoms with van der Waals surface area (Å²) in [6.45, 7) is 0.344. The number of para-hydroxylation sites is 1. The Morgan fingerprint density at radius 3 is 2.42 bits per heavy atom. The van der Waals surface area contributed by atoms with E-state index < -0.39 is 0 Å². The first-order chi connectivity index (χ1) is 19.5. The minimum absolute atomic E-state index is 0.00940. The number of thioether (sulfide) groups is 1. The molecule has 1 aromatic heterocycles. The third-order valence-corrected chi connectivity index (χ3v) is 8.59. The lowest BCUT2D eigenvalue weighted by Gasteiger charge is -2.29. The summed E-state index contributed by atoms with van der Waals surface area (Å²) < 4.78 is 21.6. The van der Waals surface area contributed by atoms with E-state index >= 15 is 0 Å². The maximum atomic E-state index is 13.5. The van der Waals surface area contributed by atoms with Crippen molar-refractivity contribution in [2.24, 2.45) is 0 Å². The van der Waals surface area contributed by atoms with Gasteiger partial charge in [0.25, 0.3) is 5.91 Å². The molecule has 4 aromatic rings. The molecule has 0 bridgehead atoms. The normalized spacial score (nSPS) is 17.1. The van der Waals surface area contributed by atoms with Gasteiger partial charge in [-0.15, -0.1) is 0 Å². The fraction of sp³-hybridized carbons (Fsp3) is 0.219. The number of ether oxygens (including phenoxy) is 1. The second-order valence-electron chi connectivity index (χ2n) is 10.00. The maximum Gasteiger partial charge on any atom is 0.266 e. The summed E-state index contributed by atoms with van der Waals surface area (Å²) in [6, 6.07) is 24.1. The zero-order valence-electron chi connectivity index (χ0n) is 21.8. The number of nitrogens with zero attached hydrogens (tertiary/aromatic N) is 3. The summed E-state index contributed by atoms with van der Waals surface area (Å²) in [5, 5.41) is 4.91. The molecule has 5 nitrogen and oxygen atoms in total. The van der Waals surface area contributed by atoms with E-state index in [-0.39, 0.29) is 17.8 Å². The van der Waals surface area contributed by atoms with E-state index in [4.69, 9.17) is 22.1 Å². The van der Waals surface area contributed by atoms with Crippen molar-refractivity contribution in [1.29, 1.82) is 0 Å². The zero-order valence-corrected chi connectivity index (χ0v) is 23.5. The number of hydrogen-bond donors (Lipinski definition) is 0. The number of carbonyl (C=O) groups is 1. The molecule has 8 heteroatoms. The van der Waals surface area contributed by atoms with Gasteiger partial charge in [-0.1, -0.05) is 73.6 Å².